The molecule has 3 aromatic heterocycles. The maximum atomic E-state index is 12.2. The lowest BCUT2D eigenvalue weighted by Crippen LogP contribution is -2.06. The number of nitrogens with zero attached hydrogens (tertiary/aromatic N) is 5. The second kappa shape index (κ2) is 11.4. The van der Waals surface area contributed by atoms with Crippen molar-refractivity contribution in [2.24, 2.45) is 0 Å². The van der Waals surface area contributed by atoms with Crippen LogP contribution in [0.4, 0.5) is 0 Å². The van der Waals surface area contributed by atoms with E-state index >= 15 is 0 Å². The third kappa shape index (κ3) is 4.66. The van der Waals surface area contributed by atoms with Crippen LogP contribution >= 0.6 is 0 Å². The van der Waals surface area contributed by atoms with E-state index in [9.17, 15) is 8.42 Å². The number of ether oxygens (including phenoxy) is 1. The molecular weight excluding hydrogens is 631 g/mol. The number of hydrogen-bond donors (Lipinski definition) is 1. The number of fused-ring (bicyclic) bond motifs is 6. The molecule has 0 N–H and O–H groups in total. The van der Waals surface area contributed by atoms with Crippen molar-refractivity contribution in [3.05, 3.63) is 140 Å². The lowest BCUT2D eigenvalue weighted by molar-refractivity contribution is 0.403. The zero-order valence-corrected chi connectivity index (χ0v) is 27.1. The van der Waals surface area contributed by atoms with Gasteiger partial charge < -0.3 is 9.30 Å². The first-order chi connectivity index (χ1) is 24.1. The van der Waals surface area contributed by atoms with Gasteiger partial charge in [0.15, 0.2) is 22.4 Å². The molecule has 0 atom stereocenters. The molecule has 8 nitrogen and oxygen atoms in total. The second-order valence-corrected chi connectivity index (χ2v) is 12.7. The van der Waals surface area contributed by atoms with Crippen LogP contribution in [0, 0.1) is 0 Å². The molecule has 0 spiro atoms. The maximum absolute atomic E-state index is 12.2. The molecule has 9 heteroatoms. The Morgan fingerprint density at radius 3 is 1.57 bits per heavy atom. The molecule has 9 rings (SSSR count). The van der Waals surface area contributed by atoms with Crippen LogP contribution in [0.2, 0.25) is 0 Å². The fourth-order valence-electron chi connectivity index (χ4n) is 6.78. The van der Waals surface area contributed by atoms with E-state index in [2.05, 4.69) is 45.5 Å². The average Bonchev–Trinajstić information content (AvgIpc) is 3.66. The predicted octanol–water partition coefficient (Wildman–Crippen LogP) is 8.38. The lowest BCUT2D eigenvalue weighted by Gasteiger charge is -2.12. The zero-order valence-electron chi connectivity index (χ0n) is 26.2. The number of rotatable bonds is 6. The van der Waals surface area contributed by atoms with Gasteiger partial charge in [-0.2, -0.15) is 9.97 Å². The van der Waals surface area contributed by atoms with Gasteiger partial charge in [0, 0.05) is 38.4 Å². The van der Waals surface area contributed by atoms with Crippen molar-refractivity contribution >= 4 is 54.3 Å². The Bertz CT molecular complexity index is 2740. The van der Waals surface area contributed by atoms with Crippen molar-refractivity contribution in [3.8, 4) is 40.2 Å². The van der Waals surface area contributed by atoms with Gasteiger partial charge in [-0.1, -0.05) is 97.1 Å². The Balaban J connectivity index is 1.37. The van der Waals surface area contributed by atoms with Crippen LogP contribution in [-0.4, -0.2) is 39.6 Å². The van der Waals surface area contributed by atoms with E-state index in [0.29, 0.717) is 23.3 Å². The summed E-state index contributed by atoms with van der Waals surface area (Å²) in [6, 6.07) is 45.9. The highest BCUT2D eigenvalue weighted by molar-refractivity contribution is 7.72. The number of hydrogen-bond acceptors (Lipinski definition) is 6. The standard InChI is InChI=1S/C40H27N5O3S/c1-48-36-21-20-27(22-37(36)49(46)47)44-32-18-10-8-16-28(32)30-24-35-31(23-34(30)44)29-17-9-11-19-33(29)45(35)40-42-38(25-12-4-2-5-13-25)41-39(43-40)26-14-6-3-7-15-26/h2-24,49H,1H3. The smallest absolute Gasteiger partial charge is 0.238 e. The van der Waals surface area contributed by atoms with Crippen LogP contribution in [-0.2, 0) is 10.7 Å². The molecule has 0 aliphatic carbocycles. The van der Waals surface area contributed by atoms with Crippen LogP contribution in [0.1, 0.15) is 0 Å². The van der Waals surface area contributed by atoms with Gasteiger partial charge in [0.1, 0.15) is 10.6 Å². The van der Waals surface area contributed by atoms with Gasteiger partial charge in [0.2, 0.25) is 5.95 Å². The van der Waals surface area contributed by atoms with Gasteiger partial charge in [-0.15, -0.1) is 0 Å². The minimum atomic E-state index is -2.88. The van der Waals surface area contributed by atoms with E-state index in [4.69, 9.17) is 19.7 Å². The first-order valence-electron chi connectivity index (χ1n) is 15.8. The molecule has 49 heavy (non-hydrogen) atoms. The van der Waals surface area contributed by atoms with Gasteiger partial charge in [-0.25, -0.2) is 13.4 Å². The third-order valence-electron chi connectivity index (χ3n) is 8.97. The SMILES string of the molecule is COc1ccc(-n2c3ccccc3c3cc4c(cc32)c2ccccc2n4-c2nc(-c3ccccc3)nc(-c3ccccc3)n2)cc1[SH](=O)=O. The summed E-state index contributed by atoms with van der Waals surface area (Å²) in [7, 11) is -1.40. The van der Waals surface area contributed by atoms with E-state index in [0.717, 1.165) is 60.4 Å². The molecule has 9 aromatic rings. The molecule has 0 bridgehead atoms. The van der Waals surface area contributed by atoms with E-state index in [-0.39, 0.29) is 4.90 Å². The maximum Gasteiger partial charge on any atom is 0.238 e. The molecule has 6 aromatic carbocycles. The minimum absolute atomic E-state index is 0.136. The van der Waals surface area contributed by atoms with Crippen LogP contribution in [0.25, 0.3) is 78.0 Å². The number of methoxy groups -OCH3 is 1. The van der Waals surface area contributed by atoms with Gasteiger partial charge in [0.05, 0.1) is 29.2 Å². The number of para-hydroxylation sites is 2. The van der Waals surface area contributed by atoms with Crippen molar-refractivity contribution in [2.45, 2.75) is 4.90 Å². The van der Waals surface area contributed by atoms with E-state index < -0.39 is 10.7 Å². The summed E-state index contributed by atoms with van der Waals surface area (Å²) in [5.41, 5.74) is 6.32. The summed E-state index contributed by atoms with van der Waals surface area (Å²) >= 11 is 0. The van der Waals surface area contributed by atoms with Crippen LogP contribution < -0.4 is 4.74 Å². The summed E-state index contributed by atoms with van der Waals surface area (Å²) < 4.78 is 34.1. The van der Waals surface area contributed by atoms with Crippen molar-refractivity contribution in [3.63, 3.8) is 0 Å². The van der Waals surface area contributed by atoms with Gasteiger partial charge in [-0.3, -0.25) is 4.57 Å². The van der Waals surface area contributed by atoms with Crippen molar-refractivity contribution in [1.29, 1.82) is 0 Å². The van der Waals surface area contributed by atoms with Gasteiger partial charge >= 0.3 is 0 Å². The highest BCUT2D eigenvalue weighted by Crippen LogP contribution is 2.40. The molecule has 0 aliphatic heterocycles. The Kier molecular flexibility index (Phi) is 6.73. The number of benzene rings is 6. The normalized spacial score (nSPS) is 11.7. The van der Waals surface area contributed by atoms with Crippen molar-refractivity contribution in [1.82, 2.24) is 24.1 Å². The molecule has 3 heterocycles. The third-order valence-corrected chi connectivity index (χ3v) is 9.71. The Labute approximate surface area is 282 Å². The zero-order chi connectivity index (χ0) is 33.1. The first kappa shape index (κ1) is 28.9. The van der Waals surface area contributed by atoms with Crippen LogP contribution in [0.15, 0.2) is 144 Å². The number of aromatic nitrogens is 5. The fraction of sp³-hybridized carbons (Fsp3) is 0.0250. The van der Waals surface area contributed by atoms with E-state index in [1.54, 1.807) is 12.1 Å². The lowest BCUT2D eigenvalue weighted by atomic mass is 10.1. The van der Waals surface area contributed by atoms with Crippen molar-refractivity contribution < 1.29 is 13.2 Å². The van der Waals surface area contributed by atoms with Crippen LogP contribution in [0.3, 0.4) is 0 Å². The van der Waals surface area contributed by atoms with Crippen molar-refractivity contribution in [2.75, 3.05) is 7.11 Å². The molecule has 0 saturated heterocycles. The first-order valence-corrected chi connectivity index (χ1v) is 16.9. The Morgan fingerprint density at radius 2 is 1.02 bits per heavy atom. The summed E-state index contributed by atoms with van der Waals surface area (Å²) in [6.07, 6.45) is 0. The summed E-state index contributed by atoms with van der Waals surface area (Å²) in [5, 5.41) is 4.10. The fourth-order valence-corrected chi connectivity index (χ4v) is 7.37. The largest absolute Gasteiger partial charge is 0.495 e. The Morgan fingerprint density at radius 1 is 0.510 bits per heavy atom. The van der Waals surface area contributed by atoms with E-state index in [1.165, 1.54) is 7.11 Å². The molecule has 0 radical (unpaired) electrons. The highest BCUT2D eigenvalue weighted by Gasteiger charge is 2.21. The quantitative estimate of drug-likeness (QED) is 0.181. The summed E-state index contributed by atoms with van der Waals surface area (Å²) in [6.45, 7) is 0. The number of thiol groups is 1. The summed E-state index contributed by atoms with van der Waals surface area (Å²) in [5.74, 6) is 1.99. The topological polar surface area (TPSA) is 91.9 Å². The molecule has 0 saturated carbocycles. The Hall–Kier alpha value is -6.32. The highest BCUT2D eigenvalue weighted by atomic mass is 32.2. The van der Waals surface area contributed by atoms with Gasteiger partial charge in [0.25, 0.3) is 0 Å². The van der Waals surface area contributed by atoms with Gasteiger partial charge in [-0.05, 0) is 42.5 Å². The minimum Gasteiger partial charge on any atom is -0.495 e. The molecular formula is C40H27N5O3S. The second-order valence-electron chi connectivity index (χ2n) is 11.7. The molecule has 0 aliphatic rings. The molecule has 236 valence electrons. The summed E-state index contributed by atoms with van der Waals surface area (Å²) in [4.78, 5) is 15.2. The van der Waals surface area contributed by atoms with Crippen LogP contribution in [0.5, 0.6) is 5.75 Å². The average molecular weight is 658 g/mol. The molecule has 0 fully saturated rings. The monoisotopic (exact) mass is 657 g/mol. The molecule has 0 unspecified atom stereocenters. The predicted molar refractivity (Wildman–Crippen MR) is 195 cm³/mol. The molecule has 0 amide bonds. The van der Waals surface area contributed by atoms with E-state index in [1.807, 2.05) is 91.0 Å².